The van der Waals surface area contributed by atoms with Crippen LogP contribution in [0.1, 0.15) is 18.3 Å². The van der Waals surface area contributed by atoms with Gasteiger partial charge >= 0.3 is 0 Å². The Kier molecular flexibility index (Phi) is 3.28. The molecule has 0 saturated heterocycles. The number of hydrogen-bond acceptors (Lipinski definition) is 5. The second-order valence-electron chi connectivity index (χ2n) is 5.05. The molecule has 1 aromatic heterocycles. The van der Waals surface area contributed by atoms with Crippen molar-refractivity contribution in [3.05, 3.63) is 41.7 Å². The maximum atomic E-state index is 5.89. The van der Waals surface area contributed by atoms with Crippen LogP contribution in [0.4, 0.5) is 17.3 Å². The summed E-state index contributed by atoms with van der Waals surface area (Å²) in [5.74, 6) is 1.92. The smallest absolute Gasteiger partial charge is 0.158 e. The number of nitrogens with zero attached hydrogens (tertiary/aromatic N) is 3. The first-order valence-corrected chi connectivity index (χ1v) is 6.68. The predicted molar refractivity (Wildman–Crippen MR) is 78.9 cm³/mol. The highest BCUT2D eigenvalue weighted by Crippen LogP contribution is 2.37. The number of para-hydroxylation sites is 1. The van der Waals surface area contributed by atoms with E-state index in [4.69, 9.17) is 10.5 Å². The molecule has 0 spiro atoms. The van der Waals surface area contributed by atoms with Gasteiger partial charge in [0.2, 0.25) is 0 Å². The summed E-state index contributed by atoms with van der Waals surface area (Å²) in [5.41, 5.74) is 8.42. The Balaban J connectivity index is 2.04. The molecule has 0 fully saturated rings. The molecule has 0 bridgehead atoms. The van der Waals surface area contributed by atoms with Crippen molar-refractivity contribution in [2.24, 2.45) is 0 Å². The molecule has 0 amide bonds. The number of aromatic nitrogens is 2. The average Bonchev–Trinajstić information content (AvgIpc) is 2.74. The molecule has 5 nitrogen and oxygen atoms in total. The van der Waals surface area contributed by atoms with Crippen LogP contribution in [0.25, 0.3) is 0 Å². The summed E-state index contributed by atoms with van der Waals surface area (Å²) in [6.45, 7) is 2.55. The van der Waals surface area contributed by atoms with Crippen LogP contribution < -0.4 is 10.6 Å². The number of ether oxygens (including phenoxy) is 1. The van der Waals surface area contributed by atoms with Crippen molar-refractivity contribution in [1.82, 2.24) is 9.97 Å². The molecule has 2 aromatic rings. The number of benzene rings is 1. The molecule has 2 N–H and O–H groups in total. The van der Waals surface area contributed by atoms with Gasteiger partial charge in [-0.1, -0.05) is 18.2 Å². The van der Waals surface area contributed by atoms with Gasteiger partial charge in [0, 0.05) is 24.9 Å². The zero-order valence-corrected chi connectivity index (χ0v) is 11.7. The van der Waals surface area contributed by atoms with E-state index in [0.29, 0.717) is 24.3 Å². The summed E-state index contributed by atoms with van der Waals surface area (Å²) >= 11 is 0. The molecule has 20 heavy (non-hydrogen) atoms. The summed E-state index contributed by atoms with van der Waals surface area (Å²) in [6.07, 6.45) is 1.01. The maximum Gasteiger partial charge on any atom is 0.158 e. The Hall–Kier alpha value is -2.14. The highest BCUT2D eigenvalue weighted by molar-refractivity contribution is 5.69. The molecule has 3 rings (SSSR count). The second kappa shape index (κ2) is 5.09. The molecule has 2 heterocycles. The standard InChI is InChI=1S/C15H18N4O/c1-10-7-11-5-3-4-6-12(11)19(10)15-8-13(16)17-14(18-15)9-20-2/h3-6,8,10H,7,9H2,1-2H3,(H2,16,17,18). The largest absolute Gasteiger partial charge is 0.384 e. The second-order valence-corrected chi connectivity index (χ2v) is 5.05. The zero-order chi connectivity index (χ0) is 14.1. The minimum atomic E-state index is 0.358. The highest BCUT2D eigenvalue weighted by atomic mass is 16.5. The van der Waals surface area contributed by atoms with E-state index in [9.17, 15) is 0 Å². The van der Waals surface area contributed by atoms with Crippen LogP contribution in [0, 0.1) is 0 Å². The normalized spacial score (nSPS) is 17.3. The van der Waals surface area contributed by atoms with Crippen LogP contribution in [0.5, 0.6) is 0 Å². The van der Waals surface area contributed by atoms with E-state index in [1.807, 2.05) is 12.1 Å². The molecule has 1 atom stereocenters. The van der Waals surface area contributed by atoms with Crippen molar-refractivity contribution >= 4 is 17.3 Å². The van der Waals surface area contributed by atoms with Crippen LogP contribution in [0.15, 0.2) is 30.3 Å². The average molecular weight is 270 g/mol. The van der Waals surface area contributed by atoms with Crippen molar-refractivity contribution in [2.45, 2.75) is 26.0 Å². The number of nitrogens with two attached hydrogens (primary N) is 1. The van der Waals surface area contributed by atoms with Gasteiger partial charge in [0.15, 0.2) is 5.82 Å². The summed E-state index contributed by atoms with van der Waals surface area (Å²) in [4.78, 5) is 11.0. The van der Waals surface area contributed by atoms with Crippen LogP contribution in [0.3, 0.4) is 0 Å². The fourth-order valence-corrected chi connectivity index (χ4v) is 2.73. The van der Waals surface area contributed by atoms with Crippen molar-refractivity contribution in [1.29, 1.82) is 0 Å². The molecule has 1 aromatic carbocycles. The number of methoxy groups -OCH3 is 1. The highest BCUT2D eigenvalue weighted by Gasteiger charge is 2.28. The van der Waals surface area contributed by atoms with E-state index < -0.39 is 0 Å². The minimum absolute atomic E-state index is 0.358. The lowest BCUT2D eigenvalue weighted by molar-refractivity contribution is 0.178. The molecule has 1 unspecified atom stereocenters. The Morgan fingerprint density at radius 1 is 1.35 bits per heavy atom. The Bertz CT molecular complexity index is 629. The monoisotopic (exact) mass is 270 g/mol. The van der Waals surface area contributed by atoms with Crippen molar-refractivity contribution < 1.29 is 4.74 Å². The Morgan fingerprint density at radius 2 is 2.15 bits per heavy atom. The van der Waals surface area contributed by atoms with Crippen molar-refractivity contribution in [3.8, 4) is 0 Å². The molecular formula is C15H18N4O. The van der Waals surface area contributed by atoms with Crippen molar-refractivity contribution in [2.75, 3.05) is 17.7 Å². The Labute approximate surface area is 118 Å². The first kappa shape index (κ1) is 12.9. The predicted octanol–water partition coefficient (Wildman–Crippen LogP) is 2.29. The fraction of sp³-hybridized carbons (Fsp3) is 0.333. The first-order chi connectivity index (χ1) is 9.69. The molecule has 104 valence electrons. The molecule has 1 aliphatic rings. The number of nitrogen functional groups attached to an aromatic ring is 1. The van der Waals surface area contributed by atoms with Gasteiger partial charge in [-0.3, -0.25) is 0 Å². The van der Waals surface area contributed by atoms with Gasteiger partial charge in [-0.25, -0.2) is 9.97 Å². The topological polar surface area (TPSA) is 64.3 Å². The maximum absolute atomic E-state index is 5.89. The SMILES string of the molecule is COCc1nc(N)cc(N2c3ccccc3CC2C)n1. The lowest BCUT2D eigenvalue weighted by Crippen LogP contribution is -2.25. The molecular weight excluding hydrogens is 252 g/mol. The molecule has 1 aliphatic heterocycles. The minimum Gasteiger partial charge on any atom is -0.384 e. The molecule has 5 heteroatoms. The van der Waals surface area contributed by atoms with Gasteiger partial charge in [0.25, 0.3) is 0 Å². The van der Waals surface area contributed by atoms with Crippen LogP contribution in [-0.2, 0) is 17.8 Å². The van der Waals surface area contributed by atoms with Gasteiger partial charge in [-0.15, -0.1) is 0 Å². The molecule has 0 saturated carbocycles. The number of fused-ring (bicyclic) bond motifs is 1. The van der Waals surface area contributed by atoms with E-state index in [0.717, 1.165) is 12.2 Å². The molecule has 0 radical (unpaired) electrons. The lowest BCUT2D eigenvalue weighted by atomic mass is 10.1. The van der Waals surface area contributed by atoms with Crippen LogP contribution >= 0.6 is 0 Å². The van der Waals surface area contributed by atoms with Gasteiger partial charge in [0.1, 0.15) is 18.2 Å². The summed E-state index contributed by atoms with van der Waals surface area (Å²) < 4.78 is 5.10. The van der Waals surface area contributed by atoms with Crippen molar-refractivity contribution in [3.63, 3.8) is 0 Å². The summed E-state index contributed by atoms with van der Waals surface area (Å²) in [6, 6.07) is 10.6. The van der Waals surface area contributed by atoms with Gasteiger partial charge < -0.3 is 15.4 Å². The molecule has 0 aliphatic carbocycles. The zero-order valence-electron chi connectivity index (χ0n) is 11.7. The van der Waals surface area contributed by atoms with Gasteiger partial charge in [0.05, 0.1) is 0 Å². The van der Waals surface area contributed by atoms with Crippen LogP contribution in [0.2, 0.25) is 0 Å². The number of hydrogen-bond donors (Lipinski definition) is 1. The van der Waals surface area contributed by atoms with E-state index in [1.54, 1.807) is 7.11 Å². The fourth-order valence-electron chi connectivity index (χ4n) is 2.73. The third-order valence-corrected chi connectivity index (χ3v) is 3.51. The third kappa shape index (κ3) is 2.20. The van der Waals surface area contributed by atoms with Gasteiger partial charge in [-0.2, -0.15) is 0 Å². The van der Waals surface area contributed by atoms with E-state index in [2.05, 4.69) is 40.0 Å². The summed E-state index contributed by atoms with van der Waals surface area (Å²) in [7, 11) is 1.63. The third-order valence-electron chi connectivity index (χ3n) is 3.51. The quantitative estimate of drug-likeness (QED) is 0.927. The van der Waals surface area contributed by atoms with Crippen LogP contribution in [-0.4, -0.2) is 23.1 Å². The Morgan fingerprint density at radius 3 is 2.95 bits per heavy atom. The first-order valence-electron chi connectivity index (χ1n) is 6.68. The lowest BCUT2D eigenvalue weighted by Gasteiger charge is -2.24. The summed E-state index contributed by atoms with van der Waals surface area (Å²) in [5, 5.41) is 0. The number of anilines is 3. The van der Waals surface area contributed by atoms with Gasteiger partial charge in [-0.05, 0) is 25.0 Å². The van der Waals surface area contributed by atoms with E-state index >= 15 is 0 Å². The van der Waals surface area contributed by atoms with E-state index in [-0.39, 0.29) is 0 Å². The number of rotatable bonds is 3. The van der Waals surface area contributed by atoms with E-state index in [1.165, 1.54) is 11.3 Å².